The first kappa shape index (κ1) is 15.7. The topological polar surface area (TPSA) is 76.6 Å². The third-order valence-corrected chi connectivity index (χ3v) is 3.30. The summed E-state index contributed by atoms with van der Waals surface area (Å²) in [6.07, 6.45) is 1.62. The van der Waals surface area contributed by atoms with Crippen molar-refractivity contribution in [1.29, 1.82) is 0 Å². The van der Waals surface area contributed by atoms with E-state index in [0.717, 1.165) is 19.7 Å². The monoisotopic (exact) mass is 294 g/mol. The SMILES string of the molecule is CCOC(=O)c1cnc(NCC2CN(C)CCO2)nc1C. The van der Waals surface area contributed by atoms with Gasteiger partial charge in [-0.2, -0.15) is 0 Å². The molecule has 1 atom stereocenters. The van der Waals surface area contributed by atoms with Gasteiger partial charge in [-0.15, -0.1) is 0 Å². The van der Waals surface area contributed by atoms with Gasteiger partial charge < -0.3 is 19.7 Å². The van der Waals surface area contributed by atoms with Crippen LogP contribution in [0, 0.1) is 6.92 Å². The summed E-state index contributed by atoms with van der Waals surface area (Å²) >= 11 is 0. The molecule has 1 N–H and O–H groups in total. The molecule has 7 heteroatoms. The Hall–Kier alpha value is -1.73. The maximum absolute atomic E-state index is 11.7. The van der Waals surface area contributed by atoms with E-state index in [1.165, 1.54) is 6.20 Å². The summed E-state index contributed by atoms with van der Waals surface area (Å²) in [6, 6.07) is 0. The number of carbonyl (C=O) groups is 1. The van der Waals surface area contributed by atoms with Crippen molar-refractivity contribution < 1.29 is 14.3 Å². The van der Waals surface area contributed by atoms with Crippen LogP contribution in [0.4, 0.5) is 5.95 Å². The Balaban J connectivity index is 1.92. The molecule has 1 aromatic rings. The Kier molecular flexibility index (Phi) is 5.46. The maximum atomic E-state index is 11.7. The molecule has 1 unspecified atom stereocenters. The van der Waals surface area contributed by atoms with Crippen LogP contribution >= 0.6 is 0 Å². The zero-order valence-electron chi connectivity index (χ0n) is 12.8. The first-order valence-electron chi connectivity index (χ1n) is 7.15. The molecule has 2 rings (SSSR count). The highest BCUT2D eigenvalue weighted by molar-refractivity contribution is 5.90. The lowest BCUT2D eigenvalue weighted by Crippen LogP contribution is -2.43. The van der Waals surface area contributed by atoms with Crippen molar-refractivity contribution in [2.45, 2.75) is 20.0 Å². The van der Waals surface area contributed by atoms with E-state index in [4.69, 9.17) is 9.47 Å². The Morgan fingerprint density at radius 1 is 1.62 bits per heavy atom. The van der Waals surface area contributed by atoms with Crippen LogP contribution in [0.2, 0.25) is 0 Å². The van der Waals surface area contributed by atoms with Crippen LogP contribution in [-0.4, -0.2) is 66.8 Å². The van der Waals surface area contributed by atoms with Crippen LogP contribution in [0.15, 0.2) is 6.20 Å². The average molecular weight is 294 g/mol. The molecular formula is C14H22N4O3. The minimum Gasteiger partial charge on any atom is -0.462 e. The van der Waals surface area contributed by atoms with Gasteiger partial charge in [-0.3, -0.25) is 0 Å². The van der Waals surface area contributed by atoms with E-state index >= 15 is 0 Å². The molecule has 1 aliphatic rings. The van der Waals surface area contributed by atoms with Crippen molar-refractivity contribution in [2.75, 3.05) is 45.2 Å². The molecule has 0 radical (unpaired) electrons. The number of ether oxygens (including phenoxy) is 2. The fraction of sp³-hybridized carbons (Fsp3) is 0.643. The fourth-order valence-corrected chi connectivity index (χ4v) is 2.16. The zero-order chi connectivity index (χ0) is 15.2. The van der Waals surface area contributed by atoms with Gasteiger partial charge in [0.2, 0.25) is 5.95 Å². The van der Waals surface area contributed by atoms with Crippen LogP contribution < -0.4 is 5.32 Å². The molecule has 0 bridgehead atoms. The number of likely N-dealkylation sites (N-methyl/N-ethyl adjacent to an activating group) is 1. The largest absolute Gasteiger partial charge is 0.462 e. The number of aryl methyl sites for hydroxylation is 1. The van der Waals surface area contributed by atoms with Crippen molar-refractivity contribution in [1.82, 2.24) is 14.9 Å². The molecule has 0 spiro atoms. The summed E-state index contributed by atoms with van der Waals surface area (Å²) in [7, 11) is 2.07. The smallest absolute Gasteiger partial charge is 0.341 e. The molecule has 116 valence electrons. The Morgan fingerprint density at radius 2 is 2.43 bits per heavy atom. The molecule has 7 nitrogen and oxygen atoms in total. The predicted octanol–water partition coefficient (Wildman–Crippen LogP) is 0.704. The van der Waals surface area contributed by atoms with Gasteiger partial charge in [0.15, 0.2) is 0 Å². The summed E-state index contributed by atoms with van der Waals surface area (Å²) in [5.74, 6) is 0.108. The van der Waals surface area contributed by atoms with E-state index in [1.54, 1.807) is 13.8 Å². The third-order valence-electron chi connectivity index (χ3n) is 3.30. The number of morpholine rings is 1. The minimum atomic E-state index is -0.390. The van der Waals surface area contributed by atoms with Crippen molar-refractivity contribution in [3.63, 3.8) is 0 Å². The van der Waals surface area contributed by atoms with Gasteiger partial charge in [0.25, 0.3) is 0 Å². The van der Waals surface area contributed by atoms with E-state index in [9.17, 15) is 4.79 Å². The molecule has 1 aromatic heterocycles. The Labute approximate surface area is 124 Å². The van der Waals surface area contributed by atoms with Gasteiger partial charge >= 0.3 is 5.97 Å². The standard InChI is InChI=1S/C14H22N4O3/c1-4-20-13(19)12-8-16-14(17-10(12)2)15-7-11-9-18(3)5-6-21-11/h8,11H,4-7,9H2,1-3H3,(H,15,16,17). The highest BCUT2D eigenvalue weighted by Crippen LogP contribution is 2.10. The second kappa shape index (κ2) is 7.33. The molecule has 0 saturated carbocycles. The van der Waals surface area contributed by atoms with Crippen molar-refractivity contribution in [3.05, 3.63) is 17.5 Å². The summed E-state index contributed by atoms with van der Waals surface area (Å²) in [4.78, 5) is 22.3. The van der Waals surface area contributed by atoms with Gasteiger partial charge in [-0.1, -0.05) is 0 Å². The molecule has 1 fully saturated rings. The summed E-state index contributed by atoms with van der Waals surface area (Å²) < 4.78 is 10.6. The van der Waals surface area contributed by atoms with E-state index in [1.807, 2.05) is 0 Å². The van der Waals surface area contributed by atoms with Gasteiger partial charge in [0, 0.05) is 25.8 Å². The van der Waals surface area contributed by atoms with Crippen molar-refractivity contribution in [3.8, 4) is 0 Å². The van der Waals surface area contributed by atoms with E-state index in [2.05, 4.69) is 27.2 Å². The molecule has 2 heterocycles. The second-order valence-corrected chi connectivity index (χ2v) is 5.05. The molecule has 21 heavy (non-hydrogen) atoms. The van der Waals surface area contributed by atoms with Crippen molar-refractivity contribution >= 4 is 11.9 Å². The lowest BCUT2D eigenvalue weighted by atomic mass is 10.2. The lowest BCUT2D eigenvalue weighted by molar-refractivity contribution is -0.0118. The van der Waals surface area contributed by atoms with E-state index in [0.29, 0.717) is 30.4 Å². The number of hydrogen-bond donors (Lipinski definition) is 1. The number of carbonyl (C=O) groups excluding carboxylic acids is 1. The predicted molar refractivity (Wildman–Crippen MR) is 78.5 cm³/mol. The number of aromatic nitrogens is 2. The third kappa shape index (κ3) is 4.37. The summed E-state index contributed by atoms with van der Waals surface area (Å²) in [5, 5.41) is 3.15. The maximum Gasteiger partial charge on any atom is 0.341 e. The van der Waals surface area contributed by atoms with Crippen LogP contribution in [0.3, 0.4) is 0 Å². The number of esters is 1. The van der Waals surface area contributed by atoms with Crippen molar-refractivity contribution in [2.24, 2.45) is 0 Å². The van der Waals surface area contributed by atoms with Gasteiger partial charge in [0.1, 0.15) is 0 Å². The van der Waals surface area contributed by atoms with Crippen LogP contribution in [-0.2, 0) is 9.47 Å². The molecule has 1 saturated heterocycles. The second-order valence-electron chi connectivity index (χ2n) is 5.05. The number of rotatable bonds is 5. The van der Waals surface area contributed by atoms with E-state index in [-0.39, 0.29) is 6.10 Å². The van der Waals surface area contributed by atoms with Gasteiger partial charge in [-0.05, 0) is 20.9 Å². The number of anilines is 1. The summed E-state index contributed by atoms with van der Waals surface area (Å²) in [5.41, 5.74) is 1.00. The quantitative estimate of drug-likeness (QED) is 0.801. The minimum absolute atomic E-state index is 0.123. The highest BCUT2D eigenvalue weighted by atomic mass is 16.5. The number of hydrogen-bond acceptors (Lipinski definition) is 7. The Bertz CT molecular complexity index is 495. The van der Waals surface area contributed by atoms with Crippen LogP contribution in [0.5, 0.6) is 0 Å². The summed E-state index contributed by atoms with van der Waals surface area (Å²) in [6.45, 7) is 7.10. The number of nitrogens with zero attached hydrogens (tertiary/aromatic N) is 3. The fourth-order valence-electron chi connectivity index (χ4n) is 2.16. The molecule has 0 aliphatic carbocycles. The van der Waals surface area contributed by atoms with E-state index < -0.39 is 5.97 Å². The zero-order valence-corrected chi connectivity index (χ0v) is 12.8. The molecule has 0 amide bonds. The number of nitrogens with one attached hydrogen (secondary N) is 1. The van der Waals surface area contributed by atoms with Gasteiger partial charge in [-0.25, -0.2) is 14.8 Å². The average Bonchev–Trinajstić information content (AvgIpc) is 2.45. The normalized spacial score (nSPS) is 19.3. The Morgan fingerprint density at radius 3 is 3.10 bits per heavy atom. The first-order chi connectivity index (χ1) is 10.1. The van der Waals surface area contributed by atoms with Gasteiger partial charge in [0.05, 0.1) is 30.6 Å². The molecule has 0 aromatic carbocycles. The van der Waals surface area contributed by atoms with Crippen LogP contribution in [0.25, 0.3) is 0 Å². The van der Waals surface area contributed by atoms with Crippen LogP contribution in [0.1, 0.15) is 23.0 Å². The molecule has 1 aliphatic heterocycles. The first-order valence-corrected chi connectivity index (χ1v) is 7.15. The highest BCUT2D eigenvalue weighted by Gasteiger charge is 2.18. The lowest BCUT2D eigenvalue weighted by Gasteiger charge is -2.30. The molecular weight excluding hydrogens is 272 g/mol.